The second-order valence-corrected chi connectivity index (χ2v) is 5.98. The third kappa shape index (κ3) is 2.42. The summed E-state index contributed by atoms with van der Waals surface area (Å²) in [5, 5.41) is 11.3. The summed E-state index contributed by atoms with van der Waals surface area (Å²) >= 11 is 0. The number of pyridine rings is 1. The van der Waals surface area contributed by atoms with E-state index in [1.54, 1.807) is 0 Å². The Morgan fingerprint density at radius 2 is 1.92 bits per heavy atom. The molecule has 2 aromatic carbocycles. The fourth-order valence-electron chi connectivity index (χ4n) is 3.17. The average Bonchev–Trinajstić information content (AvgIpc) is 2.94. The van der Waals surface area contributed by atoms with E-state index in [1.165, 1.54) is 0 Å². The van der Waals surface area contributed by atoms with Crippen LogP contribution in [0.15, 0.2) is 54.7 Å². The maximum atomic E-state index is 10.9. The lowest BCUT2D eigenvalue weighted by molar-refractivity contribution is -0.136. The summed E-state index contributed by atoms with van der Waals surface area (Å²) < 4.78 is 0. The summed E-state index contributed by atoms with van der Waals surface area (Å²) in [5.41, 5.74) is 6.02. The van der Waals surface area contributed by atoms with E-state index in [2.05, 4.69) is 28.2 Å². The molecule has 0 aliphatic rings. The minimum atomic E-state index is -0.817. The lowest BCUT2D eigenvalue weighted by Gasteiger charge is -2.05. The Morgan fingerprint density at radius 1 is 1.08 bits per heavy atom. The van der Waals surface area contributed by atoms with Gasteiger partial charge in [-0.25, -0.2) is 0 Å². The predicted octanol–water partition coefficient (Wildman–Crippen LogP) is 4.32. The first kappa shape index (κ1) is 14.5. The van der Waals surface area contributed by atoms with E-state index in [4.69, 9.17) is 5.11 Å². The molecule has 0 spiro atoms. The van der Waals surface area contributed by atoms with E-state index in [-0.39, 0.29) is 6.42 Å². The molecule has 4 rings (SSSR count). The smallest absolute Gasteiger partial charge is 0.307 e. The van der Waals surface area contributed by atoms with Gasteiger partial charge in [0.05, 0.1) is 17.6 Å². The minimum absolute atomic E-state index is 0.0357. The first-order valence-corrected chi connectivity index (χ1v) is 7.80. The number of benzene rings is 2. The van der Waals surface area contributed by atoms with Gasteiger partial charge in [-0.05, 0) is 41.8 Å². The van der Waals surface area contributed by atoms with E-state index in [1.807, 2.05) is 43.5 Å². The van der Waals surface area contributed by atoms with Gasteiger partial charge in [0.1, 0.15) is 0 Å². The molecule has 0 amide bonds. The number of aromatic nitrogens is 2. The van der Waals surface area contributed by atoms with E-state index >= 15 is 0 Å². The van der Waals surface area contributed by atoms with E-state index < -0.39 is 5.97 Å². The summed E-state index contributed by atoms with van der Waals surface area (Å²) in [7, 11) is 0. The second-order valence-electron chi connectivity index (χ2n) is 5.98. The zero-order chi connectivity index (χ0) is 16.7. The Hall–Kier alpha value is -3.14. The minimum Gasteiger partial charge on any atom is -0.481 e. The molecule has 4 nitrogen and oxygen atoms in total. The highest BCUT2D eigenvalue weighted by atomic mass is 16.4. The normalized spacial score (nSPS) is 11.2. The number of fused-ring (bicyclic) bond motifs is 3. The van der Waals surface area contributed by atoms with Gasteiger partial charge in [0.2, 0.25) is 0 Å². The number of aliphatic carboxylic acids is 1. The molecule has 4 heteroatoms. The van der Waals surface area contributed by atoms with Crippen molar-refractivity contribution in [3.8, 4) is 11.1 Å². The fraction of sp³-hybridized carbons (Fsp3) is 0.100. The van der Waals surface area contributed by atoms with Gasteiger partial charge in [0.15, 0.2) is 0 Å². The van der Waals surface area contributed by atoms with Crippen molar-refractivity contribution in [2.75, 3.05) is 0 Å². The molecule has 0 aliphatic heterocycles. The highest BCUT2D eigenvalue weighted by Crippen LogP contribution is 2.31. The molecule has 24 heavy (non-hydrogen) atoms. The van der Waals surface area contributed by atoms with Crippen LogP contribution in [-0.4, -0.2) is 21.0 Å². The third-order valence-electron chi connectivity index (χ3n) is 4.33. The van der Waals surface area contributed by atoms with Crippen molar-refractivity contribution in [1.82, 2.24) is 9.97 Å². The molecule has 0 atom stereocenters. The van der Waals surface area contributed by atoms with Crippen LogP contribution in [0.25, 0.3) is 32.9 Å². The third-order valence-corrected chi connectivity index (χ3v) is 4.33. The topological polar surface area (TPSA) is 66.0 Å². The second kappa shape index (κ2) is 5.49. The quantitative estimate of drug-likeness (QED) is 0.591. The van der Waals surface area contributed by atoms with Gasteiger partial charge >= 0.3 is 5.97 Å². The molecule has 0 saturated carbocycles. The Balaban J connectivity index is 1.87. The molecule has 2 N–H and O–H groups in total. The van der Waals surface area contributed by atoms with Crippen molar-refractivity contribution >= 4 is 27.8 Å². The fourth-order valence-corrected chi connectivity index (χ4v) is 3.17. The lowest BCUT2D eigenvalue weighted by atomic mass is 10.00. The van der Waals surface area contributed by atoms with Crippen LogP contribution in [0.1, 0.15) is 11.3 Å². The van der Waals surface area contributed by atoms with Crippen LogP contribution in [0.4, 0.5) is 0 Å². The standard InChI is InChI=1S/C20H16N2O2/c1-12-20-16(7-8-21-12)17-11-15(5-6-18(17)22-20)14-4-2-3-13(9-14)10-19(23)24/h2-9,11,22H,10H2,1H3,(H,23,24). The Bertz CT molecular complexity index is 1080. The van der Waals surface area contributed by atoms with E-state index in [0.29, 0.717) is 0 Å². The molecule has 2 aromatic heterocycles. The number of rotatable bonds is 3. The van der Waals surface area contributed by atoms with Crippen LogP contribution in [0, 0.1) is 6.92 Å². The molecule has 0 unspecified atom stereocenters. The summed E-state index contributed by atoms with van der Waals surface area (Å²) in [6.45, 7) is 1.99. The van der Waals surface area contributed by atoms with Gasteiger partial charge in [-0.15, -0.1) is 0 Å². The van der Waals surface area contributed by atoms with Crippen LogP contribution in [-0.2, 0) is 11.2 Å². The van der Waals surface area contributed by atoms with Gasteiger partial charge in [-0.2, -0.15) is 0 Å². The number of carboxylic acids is 1. The van der Waals surface area contributed by atoms with Crippen molar-refractivity contribution in [3.05, 3.63) is 66.0 Å². The number of hydrogen-bond acceptors (Lipinski definition) is 2. The number of nitrogens with one attached hydrogen (secondary N) is 1. The van der Waals surface area contributed by atoms with Gasteiger partial charge in [-0.3, -0.25) is 9.78 Å². The predicted molar refractivity (Wildman–Crippen MR) is 95.1 cm³/mol. The molecular formula is C20H16N2O2. The van der Waals surface area contributed by atoms with Gasteiger partial charge in [0, 0.05) is 22.5 Å². The van der Waals surface area contributed by atoms with Crippen molar-refractivity contribution in [1.29, 1.82) is 0 Å². The lowest BCUT2D eigenvalue weighted by Crippen LogP contribution is -1.99. The largest absolute Gasteiger partial charge is 0.481 e. The Morgan fingerprint density at radius 3 is 2.75 bits per heavy atom. The zero-order valence-corrected chi connectivity index (χ0v) is 13.2. The van der Waals surface area contributed by atoms with Gasteiger partial charge in [0.25, 0.3) is 0 Å². The number of carbonyl (C=O) groups is 1. The molecule has 4 aromatic rings. The number of hydrogen-bond donors (Lipinski definition) is 2. The molecule has 0 aliphatic carbocycles. The molecule has 0 saturated heterocycles. The molecule has 0 radical (unpaired) electrons. The van der Waals surface area contributed by atoms with Crippen molar-refractivity contribution in [2.24, 2.45) is 0 Å². The number of H-pyrrole nitrogens is 1. The van der Waals surface area contributed by atoms with Crippen LogP contribution >= 0.6 is 0 Å². The highest BCUT2D eigenvalue weighted by molar-refractivity contribution is 6.09. The maximum absolute atomic E-state index is 10.9. The number of carboxylic acid groups (broad SMARTS) is 1. The number of aromatic amines is 1. The maximum Gasteiger partial charge on any atom is 0.307 e. The van der Waals surface area contributed by atoms with E-state index in [0.717, 1.165) is 44.2 Å². The average molecular weight is 316 g/mol. The summed E-state index contributed by atoms with van der Waals surface area (Å²) in [6.07, 6.45) is 1.86. The van der Waals surface area contributed by atoms with Crippen molar-refractivity contribution in [2.45, 2.75) is 13.3 Å². The molecule has 118 valence electrons. The Kier molecular flexibility index (Phi) is 3.31. The molecule has 0 fully saturated rings. The Labute approximate surface area is 138 Å². The number of aryl methyl sites for hydroxylation is 1. The van der Waals surface area contributed by atoms with Crippen LogP contribution in [0.3, 0.4) is 0 Å². The zero-order valence-electron chi connectivity index (χ0n) is 13.2. The first-order valence-electron chi connectivity index (χ1n) is 7.80. The van der Waals surface area contributed by atoms with Crippen molar-refractivity contribution < 1.29 is 9.90 Å². The van der Waals surface area contributed by atoms with Gasteiger partial charge in [-0.1, -0.05) is 30.3 Å². The number of nitrogens with zero attached hydrogens (tertiary/aromatic N) is 1. The van der Waals surface area contributed by atoms with Crippen molar-refractivity contribution in [3.63, 3.8) is 0 Å². The molecule has 0 bridgehead atoms. The summed E-state index contributed by atoms with van der Waals surface area (Å²) in [5.74, 6) is -0.817. The first-order chi connectivity index (χ1) is 11.6. The molecular weight excluding hydrogens is 300 g/mol. The van der Waals surface area contributed by atoms with Crippen LogP contribution in [0.5, 0.6) is 0 Å². The molecule has 2 heterocycles. The SMILES string of the molecule is Cc1nccc2c1[nH]c1ccc(-c3cccc(CC(=O)O)c3)cc12. The summed E-state index contributed by atoms with van der Waals surface area (Å²) in [4.78, 5) is 18.7. The van der Waals surface area contributed by atoms with Gasteiger partial charge < -0.3 is 10.1 Å². The van der Waals surface area contributed by atoms with E-state index in [9.17, 15) is 4.79 Å². The van der Waals surface area contributed by atoms with Crippen LogP contribution in [0.2, 0.25) is 0 Å². The monoisotopic (exact) mass is 316 g/mol. The van der Waals surface area contributed by atoms with Crippen LogP contribution < -0.4 is 0 Å². The highest BCUT2D eigenvalue weighted by Gasteiger charge is 2.09. The summed E-state index contributed by atoms with van der Waals surface area (Å²) in [6, 6.07) is 16.0.